The monoisotopic (exact) mass is 350 g/mol. The predicted octanol–water partition coefficient (Wildman–Crippen LogP) is 0.882. The molecule has 0 aliphatic carbocycles. The van der Waals surface area contributed by atoms with Gasteiger partial charge < -0.3 is 24.9 Å². The van der Waals surface area contributed by atoms with Gasteiger partial charge in [0.25, 0.3) is 0 Å². The number of aliphatic hydroxyl groups is 1. The lowest BCUT2D eigenvalue weighted by atomic mass is 9.98. The Labute approximate surface area is 142 Å². The molecule has 0 radical (unpaired) electrons. The number of halogens is 1. The highest BCUT2D eigenvalue weighted by molar-refractivity contribution is 6.28. The maximum Gasteiger partial charge on any atom is 0.303 e. The summed E-state index contributed by atoms with van der Waals surface area (Å²) in [6.07, 6.45) is 6.06. The first-order valence-corrected chi connectivity index (χ1v) is 7.51. The summed E-state index contributed by atoms with van der Waals surface area (Å²) in [5, 5.41) is 10.3. The van der Waals surface area contributed by atoms with E-state index in [-0.39, 0.29) is 17.5 Å². The molecular weight excluding hydrogens is 336 g/mol. The second kappa shape index (κ2) is 5.94. The van der Waals surface area contributed by atoms with Crippen molar-refractivity contribution in [1.82, 2.24) is 14.5 Å². The predicted molar refractivity (Wildman–Crippen MR) is 85.9 cm³/mol. The van der Waals surface area contributed by atoms with Crippen LogP contribution in [0.1, 0.15) is 19.6 Å². The molecule has 3 heterocycles. The van der Waals surface area contributed by atoms with Crippen molar-refractivity contribution < 1.29 is 19.4 Å². The van der Waals surface area contributed by atoms with Crippen LogP contribution in [0.5, 0.6) is 0 Å². The summed E-state index contributed by atoms with van der Waals surface area (Å²) >= 11 is 5.87. The van der Waals surface area contributed by atoms with E-state index in [0.717, 1.165) is 0 Å². The number of nitrogens with two attached hydrogens (primary N) is 1. The number of nitrogen functional groups attached to an aromatic ring is 1. The summed E-state index contributed by atoms with van der Waals surface area (Å²) in [5.41, 5.74) is 4.88. The van der Waals surface area contributed by atoms with Crippen LogP contribution in [-0.4, -0.2) is 43.9 Å². The number of carbonyl (C=O) groups excluding carboxylic acids is 1. The Morgan fingerprint density at radius 1 is 1.71 bits per heavy atom. The summed E-state index contributed by atoms with van der Waals surface area (Å²) in [5.74, 6) is 2.13. The minimum absolute atomic E-state index is 0.000135. The number of nitrogens with zero attached hydrogens (tertiary/aromatic N) is 3. The van der Waals surface area contributed by atoms with Crippen LogP contribution < -0.4 is 5.73 Å². The van der Waals surface area contributed by atoms with E-state index in [1.165, 1.54) is 6.92 Å². The number of ether oxygens (including phenoxy) is 2. The van der Waals surface area contributed by atoms with Gasteiger partial charge in [0.15, 0.2) is 5.60 Å². The molecule has 2 aromatic heterocycles. The Hall–Kier alpha value is -2.34. The number of aromatic nitrogens is 3. The third kappa shape index (κ3) is 2.57. The quantitative estimate of drug-likeness (QED) is 0.480. The Kier molecular flexibility index (Phi) is 4.09. The second-order valence-corrected chi connectivity index (χ2v) is 5.77. The van der Waals surface area contributed by atoms with Gasteiger partial charge in [0.2, 0.25) is 5.28 Å². The molecule has 1 saturated heterocycles. The number of esters is 1. The minimum atomic E-state index is -1.42. The molecular formula is C15H15ClN4O4. The summed E-state index contributed by atoms with van der Waals surface area (Å²) in [7, 11) is 0. The number of hydrogen-bond acceptors (Lipinski definition) is 7. The molecule has 24 heavy (non-hydrogen) atoms. The van der Waals surface area contributed by atoms with Gasteiger partial charge in [0, 0.05) is 19.5 Å². The first-order chi connectivity index (χ1) is 11.4. The van der Waals surface area contributed by atoms with E-state index in [9.17, 15) is 9.90 Å². The number of terminal acetylenes is 1. The standard InChI is InChI=1S/C15H15ClN4O4/c1-3-15(7-21)10(23-8(2)22)6-11(24-15)20-5-4-9-12(17)18-14(16)19-13(9)20/h1,4-5,10-11,21H,6-7H2,2H3,(H2,17,18,19)/t10-,11+,15+/m0/s1. The van der Waals surface area contributed by atoms with E-state index in [2.05, 4.69) is 15.9 Å². The molecule has 1 aliphatic heterocycles. The zero-order valence-electron chi connectivity index (χ0n) is 12.8. The lowest BCUT2D eigenvalue weighted by Gasteiger charge is -2.26. The van der Waals surface area contributed by atoms with Crippen molar-refractivity contribution >= 4 is 34.4 Å². The van der Waals surface area contributed by atoms with Crippen molar-refractivity contribution in [3.05, 3.63) is 17.5 Å². The van der Waals surface area contributed by atoms with E-state index >= 15 is 0 Å². The molecule has 1 aliphatic rings. The summed E-state index contributed by atoms with van der Waals surface area (Å²) in [6.45, 7) is 0.778. The maximum absolute atomic E-state index is 11.3. The zero-order chi connectivity index (χ0) is 17.5. The fourth-order valence-electron chi connectivity index (χ4n) is 2.83. The number of fused-ring (bicyclic) bond motifs is 1. The van der Waals surface area contributed by atoms with Crippen LogP contribution in [0.2, 0.25) is 5.28 Å². The zero-order valence-corrected chi connectivity index (χ0v) is 13.5. The third-order valence-corrected chi connectivity index (χ3v) is 4.12. The number of anilines is 1. The fraction of sp³-hybridized carbons (Fsp3) is 0.400. The highest BCUT2D eigenvalue weighted by Crippen LogP contribution is 2.40. The molecule has 8 nitrogen and oxygen atoms in total. The van der Waals surface area contributed by atoms with E-state index < -0.39 is 30.5 Å². The van der Waals surface area contributed by atoms with Gasteiger partial charge in [-0.1, -0.05) is 5.92 Å². The van der Waals surface area contributed by atoms with Gasteiger partial charge in [0.05, 0.1) is 12.0 Å². The fourth-order valence-corrected chi connectivity index (χ4v) is 3.00. The van der Waals surface area contributed by atoms with Crippen LogP contribution >= 0.6 is 11.6 Å². The molecule has 3 rings (SSSR count). The third-order valence-electron chi connectivity index (χ3n) is 3.95. The minimum Gasteiger partial charge on any atom is -0.458 e. The van der Waals surface area contributed by atoms with Crippen LogP contribution in [0.4, 0.5) is 5.82 Å². The number of carbonyl (C=O) groups is 1. The first kappa shape index (κ1) is 16.5. The first-order valence-electron chi connectivity index (χ1n) is 7.13. The number of rotatable bonds is 3. The van der Waals surface area contributed by atoms with Gasteiger partial charge in [-0.05, 0) is 17.7 Å². The Morgan fingerprint density at radius 2 is 2.46 bits per heavy atom. The molecule has 3 atom stereocenters. The Balaban J connectivity index is 2.02. The molecule has 0 spiro atoms. The van der Waals surface area contributed by atoms with Crippen LogP contribution in [0.25, 0.3) is 11.0 Å². The van der Waals surface area contributed by atoms with Crippen molar-refractivity contribution in [1.29, 1.82) is 0 Å². The lowest BCUT2D eigenvalue weighted by Crippen LogP contribution is -2.43. The van der Waals surface area contributed by atoms with Crippen molar-refractivity contribution in [2.75, 3.05) is 12.3 Å². The number of hydrogen-bond donors (Lipinski definition) is 2. The highest BCUT2D eigenvalue weighted by atomic mass is 35.5. The molecule has 0 aromatic carbocycles. The lowest BCUT2D eigenvalue weighted by molar-refractivity contribution is -0.156. The van der Waals surface area contributed by atoms with Gasteiger partial charge in [-0.2, -0.15) is 4.98 Å². The highest BCUT2D eigenvalue weighted by Gasteiger charge is 2.50. The van der Waals surface area contributed by atoms with Crippen LogP contribution in [-0.2, 0) is 14.3 Å². The summed E-state index contributed by atoms with van der Waals surface area (Å²) < 4.78 is 12.8. The van der Waals surface area contributed by atoms with E-state index in [0.29, 0.717) is 11.0 Å². The SMILES string of the molecule is C#C[C@]1(CO)O[C@@H](n2ccc3c(N)nc(Cl)nc32)C[C@@H]1OC(C)=O. The molecule has 126 valence electrons. The molecule has 0 unspecified atom stereocenters. The van der Waals surface area contributed by atoms with Crippen molar-refractivity contribution in [2.45, 2.75) is 31.3 Å². The molecule has 3 N–H and O–H groups in total. The molecule has 0 bridgehead atoms. The van der Waals surface area contributed by atoms with Crippen LogP contribution in [0.3, 0.4) is 0 Å². The Bertz CT molecular complexity index is 846. The van der Waals surface area contributed by atoms with Crippen molar-refractivity contribution in [3.63, 3.8) is 0 Å². The number of aliphatic hydroxyl groups excluding tert-OH is 1. The van der Waals surface area contributed by atoms with Crippen LogP contribution in [0.15, 0.2) is 12.3 Å². The average molecular weight is 351 g/mol. The average Bonchev–Trinajstić information content (AvgIpc) is 3.08. The molecule has 0 amide bonds. The molecule has 0 saturated carbocycles. The van der Waals surface area contributed by atoms with Gasteiger partial charge in [-0.25, -0.2) is 4.98 Å². The summed E-state index contributed by atoms with van der Waals surface area (Å²) in [4.78, 5) is 19.4. The van der Waals surface area contributed by atoms with Crippen LogP contribution in [0, 0.1) is 12.3 Å². The largest absolute Gasteiger partial charge is 0.458 e. The second-order valence-electron chi connectivity index (χ2n) is 5.44. The van der Waals surface area contributed by atoms with Crippen molar-refractivity contribution in [2.24, 2.45) is 0 Å². The maximum atomic E-state index is 11.3. The van der Waals surface area contributed by atoms with E-state index in [1.807, 2.05) is 0 Å². The Morgan fingerprint density at radius 3 is 3.08 bits per heavy atom. The smallest absolute Gasteiger partial charge is 0.303 e. The van der Waals surface area contributed by atoms with Gasteiger partial charge in [-0.15, -0.1) is 6.42 Å². The molecule has 9 heteroatoms. The van der Waals surface area contributed by atoms with E-state index in [1.54, 1.807) is 16.8 Å². The molecule has 2 aromatic rings. The van der Waals surface area contributed by atoms with Crippen molar-refractivity contribution in [3.8, 4) is 12.3 Å². The van der Waals surface area contributed by atoms with E-state index in [4.69, 9.17) is 33.2 Å². The topological polar surface area (TPSA) is 112 Å². The van der Waals surface area contributed by atoms with Gasteiger partial charge in [-0.3, -0.25) is 4.79 Å². The van der Waals surface area contributed by atoms with Gasteiger partial charge in [0.1, 0.15) is 23.8 Å². The normalized spacial score (nSPS) is 26.4. The van der Waals surface area contributed by atoms with Gasteiger partial charge >= 0.3 is 5.97 Å². The summed E-state index contributed by atoms with van der Waals surface area (Å²) in [6, 6.07) is 1.72. The molecule has 1 fully saturated rings.